The van der Waals surface area contributed by atoms with Gasteiger partial charge >= 0.3 is 0 Å². The smallest absolute Gasteiger partial charge is 0.221 e. The van der Waals surface area contributed by atoms with Crippen LogP contribution < -0.4 is 5.32 Å². The fraction of sp³-hybridized carbons (Fsp3) is 0.158. The van der Waals surface area contributed by atoms with Gasteiger partial charge in [-0.1, -0.05) is 29.8 Å². The first kappa shape index (κ1) is 16.8. The molecule has 1 amide bonds. The Labute approximate surface area is 150 Å². The van der Waals surface area contributed by atoms with E-state index in [0.29, 0.717) is 5.75 Å². The molecule has 0 saturated heterocycles. The van der Waals surface area contributed by atoms with E-state index in [4.69, 9.17) is 16.6 Å². The van der Waals surface area contributed by atoms with E-state index in [0.717, 1.165) is 37.8 Å². The molecular weight excluding hydrogens is 340 g/mol. The number of hydrogen-bond donors (Lipinski definition) is 1. The van der Waals surface area contributed by atoms with Gasteiger partial charge in [-0.15, -0.1) is 11.8 Å². The third-order valence-electron chi connectivity index (χ3n) is 3.70. The number of para-hydroxylation sites is 1. The third kappa shape index (κ3) is 3.71. The van der Waals surface area contributed by atoms with Crippen molar-refractivity contribution >= 4 is 45.9 Å². The van der Waals surface area contributed by atoms with Gasteiger partial charge < -0.3 is 5.32 Å². The van der Waals surface area contributed by atoms with Crippen molar-refractivity contribution in [1.29, 1.82) is 0 Å². The summed E-state index contributed by atoms with van der Waals surface area (Å²) in [5, 5.41) is 4.59. The van der Waals surface area contributed by atoms with Gasteiger partial charge in [-0.25, -0.2) is 0 Å². The van der Waals surface area contributed by atoms with Crippen LogP contribution in [0.3, 0.4) is 0 Å². The molecular formula is C19H17ClN2OS. The Bertz CT molecular complexity index is 894. The number of aryl methyl sites for hydroxylation is 1. The summed E-state index contributed by atoms with van der Waals surface area (Å²) in [5.41, 5.74) is 3.73. The Hall–Kier alpha value is -2.04. The van der Waals surface area contributed by atoms with Crippen LogP contribution in [0, 0.1) is 6.92 Å². The fourth-order valence-electron chi connectivity index (χ4n) is 2.50. The van der Waals surface area contributed by atoms with Crippen molar-refractivity contribution in [2.24, 2.45) is 0 Å². The van der Waals surface area contributed by atoms with Crippen LogP contribution >= 0.6 is 23.4 Å². The van der Waals surface area contributed by atoms with Crippen molar-refractivity contribution in [3.63, 3.8) is 0 Å². The van der Waals surface area contributed by atoms with Crippen molar-refractivity contribution in [1.82, 2.24) is 4.98 Å². The second kappa shape index (κ2) is 7.24. The highest BCUT2D eigenvalue weighted by Crippen LogP contribution is 2.31. The summed E-state index contributed by atoms with van der Waals surface area (Å²) < 4.78 is 0. The lowest BCUT2D eigenvalue weighted by atomic mass is 10.1. The number of pyridine rings is 1. The van der Waals surface area contributed by atoms with Crippen molar-refractivity contribution in [2.75, 3.05) is 5.32 Å². The number of benzene rings is 2. The van der Waals surface area contributed by atoms with Crippen molar-refractivity contribution in [3.05, 3.63) is 64.8 Å². The molecule has 122 valence electrons. The van der Waals surface area contributed by atoms with Crippen LogP contribution in [0.15, 0.2) is 53.4 Å². The zero-order chi connectivity index (χ0) is 17.1. The van der Waals surface area contributed by atoms with E-state index in [1.54, 1.807) is 11.8 Å². The highest BCUT2D eigenvalue weighted by Gasteiger charge is 2.10. The highest BCUT2D eigenvalue weighted by molar-refractivity contribution is 7.98. The number of carbonyl (C=O) groups excluding carboxylic acids is 1. The number of nitrogens with zero attached hydrogens (tertiary/aromatic N) is 1. The number of halogens is 1. The summed E-state index contributed by atoms with van der Waals surface area (Å²) in [7, 11) is 0. The van der Waals surface area contributed by atoms with Gasteiger partial charge in [0.1, 0.15) is 0 Å². The molecule has 0 spiro atoms. The first-order chi connectivity index (χ1) is 11.5. The number of aromatic nitrogens is 1. The quantitative estimate of drug-likeness (QED) is 0.632. The maximum atomic E-state index is 11.0. The van der Waals surface area contributed by atoms with E-state index in [2.05, 4.69) is 5.32 Å². The molecule has 24 heavy (non-hydrogen) atoms. The number of carbonyl (C=O) groups is 1. The Morgan fingerprint density at radius 2 is 1.88 bits per heavy atom. The first-order valence-electron chi connectivity index (χ1n) is 7.59. The fourth-order valence-corrected chi connectivity index (χ4v) is 3.63. The third-order valence-corrected chi connectivity index (χ3v) is 5.22. The molecule has 5 heteroatoms. The SMILES string of the molecule is CC(=O)Nc1ccc(SCc2nc3ccccc3c(C)c2Cl)cc1. The molecule has 0 atom stereocenters. The Balaban J connectivity index is 1.78. The van der Waals surface area contributed by atoms with Crippen molar-refractivity contribution < 1.29 is 4.79 Å². The number of nitrogens with one attached hydrogen (secondary N) is 1. The molecule has 0 aliphatic heterocycles. The van der Waals surface area contributed by atoms with Crippen LogP contribution in [-0.4, -0.2) is 10.9 Å². The maximum absolute atomic E-state index is 11.0. The van der Waals surface area contributed by atoms with E-state index in [1.807, 2.05) is 55.5 Å². The Kier molecular flexibility index (Phi) is 5.07. The molecule has 0 unspecified atom stereocenters. The zero-order valence-corrected chi connectivity index (χ0v) is 15.0. The molecule has 0 aliphatic rings. The summed E-state index contributed by atoms with van der Waals surface area (Å²) in [6.45, 7) is 3.53. The summed E-state index contributed by atoms with van der Waals surface area (Å²) in [4.78, 5) is 16.8. The van der Waals surface area contributed by atoms with Crippen LogP contribution in [0.2, 0.25) is 5.02 Å². The molecule has 0 aliphatic carbocycles. The standard InChI is InChI=1S/C19H17ClN2OS/c1-12-16-5-3-4-6-17(16)22-18(19(12)20)11-24-15-9-7-14(8-10-15)21-13(2)23/h3-10H,11H2,1-2H3,(H,21,23). The number of amides is 1. The van der Waals surface area contributed by atoms with E-state index >= 15 is 0 Å². The van der Waals surface area contributed by atoms with E-state index in [-0.39, 0.29) is 5.91 Å². The topological polar surface area (TPSA) is 42.0 Å². The van der Waals surface area contributed by atoms with Crippen molar-refractivity contribution in [3.8, 4) is 0 Å². The van der Waals surface area contributed by atoms with Gasteiger partial charge in [0, 0.05) is 28.6 Å². The molecule has 3 aromatic rings. The summed E-state index contributed by atoms with van der Waals surface area (Å²) >= 11 is 8.17. The maximum Gasteiger partial charge on any atom is 0.221 e. The summed E-state index contributed by atoms with van der Waals surface area (Å²) in [6.07, 6.45) is 0. The van der Waals surface area contributed by atoms with Crippen molar-refractivity contribution in [2.45, 2.75) is 24.5 Å². The van der Waals surface area contributed by atoms with Crippen LogP contribution in [0.4, 0.5) is 5.69 Å². The molecule has 3 rings (SSSR count). The second-order valence-electron chi connectivity index (χ2n) is 5.51. The van der Waals surface area contributed by atoms with Gasteiger partial charge in [0.15, 0.2) is 0 Å². The zero-order valence-electron chi connectivity index (χ0n) is 13.5. The van der Waals surface area contributed by atoms with Crippen LogP contribution in [-0.2, 0) is 10.5 Å². The van der Waals surface area contributed by atoms with Gasteiger partial charge in [-0.3, -0.25) is 9.78 Å². The average molecular weight is 357 g/mol. The van der Waals surface area contributed by atoms with Crippen LogP contribution in [0.5, 0.6) is 0 Å². The first-order valence-corrected chi connectivity index (χ1v) is 8.95. The molecule has 0 radical (unpaired) electrons. The molecule has 1 N–H and O–H groups in total. The van der Waals surface area contributed by atoms with E-state index in [9.17, 15) is 4.79 Å². The molecule has 2 aromatic carbocycles. The monoisotopic (exact) mass is 356 g/mol. The molecule has 0 bridgehead atoms. The number of thioether (sulfide) groups is 1. The van der Waals surface area contributed by atoms with E-state index in [1.165, 1.54) is 6.92 Å². The normalized spacial score (nSPS) is 10.8. The second-order valence-corrected chi connectivity index (χ2v) is 6.94. The average Bonchev–Trinajstić information content (AvgIpc) is 2.58. The van der Waals surface area contributed by atoms with Crippen LogP contribution in [0.25, 0.3) is 10.9 Å². The molecule has 1 aromatic heterocycles. The minimum atomic E-state index is -0.0713. The van der Waals surface area contributed by atoms with Gasteiger partial charge in [0.25, 0.3) is 0 Å². The lowest BCUT2D eigenvalue weighted by Crippen LogP contribution is -2.05. The number of fused-ring (bicyclic) bond motifs is 1. The minimum absolute atomic E-state index is 0.0713. The molecule has 1 heterocycles. The molecule has 0 fully saturated rings. The largest absolute Gasteiger partial charge is 0.326 e. The molecule has 0 saturated carbocycles. The predicted octanol–water partition coefficient (Wildman–Crippen LogP) is 5.45. The molecule has 3 nitrogen and oxygen atoms in total. The van der Waals surface area contributed by atoms with Gasteiger partial charge in [-0.2, -0.15) is 0 Å². The Morgan fingerprint density at radius 3 is 2.58 bits per heavy atom. The highest BCUT2D eigenvalue weighted by atomic mass is 35.5. The van der Waals surface area contributed by atoms with Crippen LogP contribution in [0.1, 0.15) is 18.2 Å². The van der Waals surface area contributed by atoms with E-state index < -0.39 is 0 Å². The number of rotatable bonds is 4. The summed E-state index contributed by atoms with van der Waals surface area (Å²) in [5.74, 6) is 0.627. The summed E-state index contributed by atoms with van der Waals surface area (Å²) in [6, 6.07) is 15.8. The lowest BCUT2D eigenvalue weighted by molar-refractivity contribution is -0.114. The van der Waals surface area contributed by atoms with Gasteiger partial charge in [-0.05, 0) is 42.8 Å². The number of anilines is 1. The minimum Gasteiger partial charge on any atom is -0.326 e. The van der Waals surface area contributed by atoms with Gasteiger partial charge in [0.05, 0.1) is 16.2 Å². The lowest BCUT2D eigenvalue weighted by Gasteiger charge is -2.10. The predicted molar refractivity (Wildman–Crippen MR) is 102 cm³/mol. The van der Waals surface area contributed by atoms with Gasteiger partial charge in [0.2, 0.25) is 5.91 Å². The number of hydrogen-bond acceptors (Lipinski definition) is 3. The Morgan fingerprint density at radius 1 is 1.17 bits per heavy atom.